The van der Waals surface area contributed by atoms with Crippen molar-refractivity contribution in [1.29, 1.82) is 0 Å². The monoisotopic (exact) mass is 337 g/mol. The van der Waals surface area contributed by atoms with Gasteiger partial charge in [-0.3, -0.25) is 0 Å². The zero-order valence-corrected chi connectivity index (χ0v) is 12.2. The summed E-state index contributed by atoms with van der Waals surface area (Å²) in [5.41, 5.74) is 0.404. The number of halogens is 3. The maximum Gasteiger partial charge on any atom is 0.326 e. The maximum atomic E-state index is 13.0. The van der Waals surface area contributed by atoms with Gasteiger partial charge in [0.25, 0.3) is 0 Å². The summed E-state index contributed by atoms with van der Waals surface area (Å²) in [4.78, 5) is 11.1. The van der Waals surface area contributed by atoms with Crippen LogP contribution < -0.4 is 5.32 Å². The average Bonchev–Trinajstić information content (AvgIpc) is 2.26. The standard InChI is InChI=1S/C12H14BrClFNO2/c1-2-3-4-10(12(17)18)16-11-8(13)5-7(15)6-9(11)14/h5-6,10,16H,2-4H2,1H3,(H,17,18). The Hall–Kier alpha value is -0.810. The largest absolute Gasteiger partial charge is 0.480 e. The van der Waals surface area contributed by atoms with Gasteiger partial charge in [0.05, 0.1) is 10.7 Å². The molecule has 0 aliphatic heterocycles. The molecule has 0 saturated carbocycles. The van der Waals surface area contributed by atoms with Crippen LogP contribution in [-0.2, 0) is 4.79 Å². The first-order valence-corrected chi connectivity index (χ1v) is 6.76. The summed E-state index contributed by atoms with van der Waals surface area (Å²) in [6.07, 6.45) is 2.19. The van der Waals surface area contributed by atoms with E-state index in [1.165, 1.54) is 6.07 Å². The molecule has 3 nitrogen and oxygen atoms in total. The van der Waals surface area contributed by atoms with Gasteiger partial charge in [0.1, 0.15) is 11.9 Å². The average molecular weight is 339 g/mol. The van der Waals surface area contributed by atoms with Crippen molar-refractivity contribution in [2.24, 2.45) is 0 Å². The minimum atomic E-state index is -0.948. The van der Waals surface area contributed by atoms with Crippen molar-refractivity contribution in [3.8, 4) is 0 Å². The van der Waals surface area contributed by atoms with Crippen molar-refractivity contribution in [2.45, 2.75) is 32.2 Å². The highest BCUT2D eigenvalue weighted by molar-refractivity contribution is 9.10. The molecule has 1 atom stereocenters. The Balaban J connectivity index is 2.90. The number of nitrogens with one attached hydrogen (secondary N) is 1. The van der Waals surface area contributed by atoms with Crippen LogP contribution in [0.2, 0.25) is 5.02 Å². The molecule has 0 bridgehead atoms. The second-order valence-electron chi connectivity index (χ2n) is 3.92. The fourth-order valence-electron chi connectivity index (χ4n) is 1.52. The second-order valence-corrected chi connectivity index (χ2v) is 5.18. The van der Waals surface area contributed by atoms with E-state index in [0.717, 1.165) is 18.9 Å². The lowest BCUT2D eigenvalue weighted by atomic mass is 10.1. The number of carboxylic acid groups (broad SMARTS) is 1. The highest BCUT2D eigenvalue weighted by Crippen LogP contribution is 2.32. The summed E-state index contributed by atoms with van der Waals surface area (Å²) in [6.45, 7) is 1.99. The SMILES string of the molecule is CCCCC(Nc1c(Cl)cc(F)cc1Br)C(=O)O. The third-order valence-electron chi connectivity index (χ3n) is 2.47. The van der Waals surface area contributed by atoms with Gasteiger partial charge in [-0.05, 0) is 34.5 Å². The molecular weight excluding hydrogens is 324 g/mol. The number of benzene rings is 1. The quantitative estimate of drug-likeness (QED) is 0.813. The van der Waals surface area contributed by atoms with Crippen LogP contribution in [0.15, 0.2) is 16.6 Å². The fourth-order valence-corrected chi connectivity index (χ4v) is 2.44. The summed E-state index contributed by atoms with van der Waals surface area (Å²) in [5.74, 6) is -1.42. The van der Waals surface area contributed by atoms with E-state index in [1.807, 2.05) is 6.92 Å². The molecule has 6 heteroatoms. The van der Waals surface area contributed by atoms with Gasteiger partial charge in [-0.2, -0.15) is 0 Å². The predicted octanol–water partition coefficient (Wildman–Crippen LogP) is 4.30. The van der Waals surface area contributed by atoms with Gasteiger partial charge in [-0.1, -0.05) is 31.4 Å². The molecule has 2 N–H and O–H groups in total. The minimum Gasteiger partial charge on any atom is -0.480 e. The van der Waals surface area contributed by atoms with Gasteiger partial charge in [-0.25, -0.2) is 9.18 Å². The van der Waals surface area contributed by atoms with E-state index in [0.29, 0.717) is 16.6 Å². The van der Waals surface area contributed by atoms with Gasteiger partial charge >= 0.3 is 5.97 Å². The van der Waals surface area contributed by atoms with Gasteiger partial charge in [0, 0.05) is 4.47 Å². The van der Waals surface area contributed by atoms with Gasteiger partial charge in [-0.15, -0.1) is 0 Å². The zero-order chi connectivity index (χ0) is 13.7. The predicted molar refractivity (Wildman–Crippen MR) is 73.7 cm³/mol. The summed E-state index contributed by atoms with van der Waals surface area (Å²) >= 11 is 9.06. The summed E-state index contributed by atoms with van der Waals surface area (Å²) < 4.78 is 13.5. The van der Waals surface area contributed by atoms with Crippen LogP contribution in [0.25, 0.3) is 0 Å². The molecule has 0 amide bonds. The van der Waals surface area contributed by atoms with Crippen LogP contribution in [0, 0.1) is 5.82 Å². The summed E-state index contributed by atoms with van der Waals surface area (Å²) in [7, 11) is 0. The molecule has 0 heterocycles. The number of hydrogen-bond donors (Lipinski definition) is 2. The number of aliphatic carboxylic acids is 1. The molecule has 0 radical (unpaired) electrons. The molecule has 1 aromatic carbocycles. The number of carbonyl (C=O) groups is 1. The molecule has 18 heavy (non-hydrogen) atoms. The Morgan fingerprint density at radius 2 is 2.28 bits per heavy atom. The number of carboxylic acids is 1. The minimum absolute atomic E-state index is 0.157. The number of hydrogen-bond acceptors (Lipinski definition) is 2. The van der Waals surface area contributed by atoms with Gasteiger partial charge < -0.3 is 10.4 Å². The van der Waals surface area contributed by atoms with Crippen LogP contribution in [0.4, 0.5) is 10.1 Å². The molecule has 0 aliphatic carbocycles. The number of unbranched alkanes of at least 4 members (excludes halogenated alkanes) is 1. The zero-order valence-electron chi connectivity index (χ0n) is 9.84. The Labute approximate surface area is 118 Å². The van der Waals surface area contributed by atoms with Gasteiger partial charge in [0.15, 0.2) is 0 Å². The Morgan fingerprint density at radius 3 is 2.78 bits per heavy atom. The van der Waals surface area contributed by atoms with Crippen LogP contribution in [-0.4, -0.2) is 17.1 Å². The lowest BCUT2D eigenvalue weighted by molar-refractivity contribution is -0.138. The second kappa shape index (κ2) is 6.95. The van der Waals surface area contributed by atoms with Crippen molar-refractivity contribution in [1.82, 2.24) is 0 Å². The van der Waals surface area contributed by atoms with E-state index >= 15 is 0 Å². The van der Waals surface area contributed by atoms with E-state index in [2.05, 4.69) is 21.2 Å². The van der Waals surface area contributed by atoms with Crippen molar-refractivity contribution < 1.29 is 14.3 Å². The Bertz CT molecular complexity index is 419. The third-order valence-corrected chi connectivity index (χ3v) is 3.39. The van der Waals surface area contributed by atoms with E-state index in [9.17, 15) is 9.18 Å². The first-order valence-electron chi connectivity index (χ1n) is 5.59. The normalized spacial score (nSPS) is 12.2. The van der Waals surface area contributed by atoms with E-state index < -0.39 is 17.8 Å². The molecule has 0 spiro atoms. The van der Waals surface area contributed by atoms with Crippen molar-refractivity contribution in [3.63, 3.8) is 0 Å². The van der Waals surface area contributed by atoms with Crippen LogP contribution >= 0.6 is 27.5 Å². The van der Waals surface area contributed by atoms with E-state index in [-0.39, 0.29) is 5.02 Å². The van der Waals surface area contributed by atoms with Crippen LogP contribution in [0.3, 0.4) is 0 Å². The van der Waals surface area contributed by atoms with Crippen LogP contribution in [0.5, 0.6) is 0 Å². The first-order chi connectivity index (χ1) is 8.45. The van der Waals surface area contributed by atoms with E-state index in [1.54, 1.807) is 0 Å². The van der Waals surface area contributed by atoms with Crippen molar-refractivity contribution in [2.75, 3.05) is 5.32 Å². The lowest BCUT2D eigenvalue weighted by Gasteiger charge is -2.17. The molecule has 100 valence electrons. The number of rotatable bonds is 6. The Morgan fingerprint density at radius 1 is 1.61 bits per heavy atom. The highest BCUT2D eigenvalue weighted by atomic mass is 79.9. The third kappa shape index (κ3) is 4.14. The highest BCUT2D eigenvalue weighted by Gasteiger charge is 2.19. The van der Waals surface area contributed by atoms with Gasteiger partial charge in [0.2, 0.25) is 0 Å². The van der Waals surface area contributed by atoms with Crippen molar-refractivity contribution in [3.05, 3.63) is 27.4 Å². The molecule has 0 saturated heterocycles. The summed E-state index contributed by atoms with van der Waals surface area (Å²) in [5, 5.41) is 12.1. The molecule has 1 aromatic rings. The topological polar surface area (TPSA) is 49.3 Å². The van der Waals surface area contributed by atoms with Crippen molar-refractivity contribution >= 4 is 39.2 Å². The Kier molecular flexibility index (Phi) is 5.88. The molecule has 0 aliphatic rings. The molecule has 1 unspecified atom stereocenters. The molecule has 0 fully saturated rings. The maximum absolute atomic E-state index is 13.0. The van der Waals surface area contributed by atoms with Crippen LogP contribution in [0.1, 0.15) is 26.2 Å². The smallest absolute Gasteiger partial charge is 0.326 e. The lowest BCUT2D eigenvalue weighted by Crippen LogP contribution is -2.29. The molecule has 0 aromatic heterocycles. The fraction of sp³-hybridized carbons (Fsp3) is 0.417. The summed E-state index contributed by atoms with van der Waals surface area (Å²) in [6, 6.07) is 1.66. The molecular formula is C12H14BrClFNO2. The first kappa shape index (κ1) is 15.2. The molecule has 1 rings (SSSR count). The van der Waals surface area contributed by atoms with E-state index in [4.69, 9.17) is 16.7 Å². The number of anilines is 1.